The Morgan fingerprint density at radius 2 is 2.33 bits per heavy atom. The van der Waals surface area contributed by atoms with Crippen LogP contribution in [-0.4, -0.2) is 5.11 Å². The first-order chi connectivity index (χ1) is 4.29. The first-order valence-electron chi connectivity index (χ1n) is 3.03. The van der Waals surface area contributed by atoms with Gasteiger partial charge in [0.05, 0.1) is 0 Å². The van der Waals surface area contributed by atoms with E-state index in [1.54, 1.807) is 12.2 Å². The Labute approximate surface area is 55.0 Å². The van der Waals surface area contributed by atoms with E-state index in [1.165, 1.54) is 0 Å². The summed E-state index contributed by atoms with van der Waals surface area (Å²) in [7, 11) is 0. The van der Waals surface area contributed by atoms with Crippen molar-refractivity contribution < 1.29 is 5.11 Å². The summed E-state index contributed by atoms with van der Waals surface area (Å²) in [6.45, 7) is 1.98. The fourth-order valence-electron chi connectivity index (χ4n) is 0.783. The van der Waals surface area contributed by atoms with Gasteiger partial charge < -0.3 is 5.11 Å². The van der Waals surface area contributed by atoms with Crippen LogP contribution in [0.3, 0.4) is 0 Å². The lowest BCUT2D eigenvalue weighted by molar-refractivity contribution is 0.432. The summed E-state index contributed by atoms with van der Waals surface area (Å²) < 4.78 is 0. The van der Waals surface area contributed by atoms with Gasteiger partial charge in [-0.3, -0.25) is 0 Å². The molecular formula is C8H10O. The summed E-state index contributed by atoms with van der Waals surface area (Å²) in [5, 5.41) is 8.99. The van der Waals surface area contributed by atoms with Gasteiger partial charge in [-0.05, 0) is 25.5 Å². The molecule has 0 aromatic heterocycles. The monoisotopic (exact) mass is 122 g/mol. The van der Waals surface area contributed by atoms with Gasteiger partial charge in [0.1, 0.15) is 5.76 Å². The molecule has 1 rings (SSSR count). The van der Waals surface area contributed by atoms with Crippen molar-refractivity contribution in [2.24, 2.45) is 0 Å². The summed E-state index contributed by atoms with van der Waals surface area (Å²) in [4.78, 5) is 0. The van der Waals surface area contributed by atoms with Crippen molar-refractivity contribution in [3.05, 3.63) is 35.6 Å². The second-order valence-corrected chi connectivity index (χ2v) is 2.16. The minimum atomic E-state index is 0.348. The van der Waals surface area contributed by atoms with E-state index in [0.29, 0.717) is 5.76 Å². The molecule has 1 aliphatic rings. The molecule has 0 bridgehead atoms. The molecule has 1 N–H and O–H groups in total. The maximum absolute atomic E-state index is 8.99. The number of rotatable bonds is 0. The highest BCUT2D eigenvalue weighted by Gasteiger charge is 1.90. The molecule has 0 fully saturated rings. The molecule has 0 atom stereocenters. The quantitative estimate of drug-likeness (QED) is 0.522. The van der Waals surface area contributed by atoms with E-state index in [1.807, 2.05) is 13.0 Å². The van der Waals surface area contributed by atoms with E-state index in [2.05, 4.69) is 6.08 Å². The van der Waals surface area contributed by atoms with Gasteiger partial charge in [-0.15, -0.1) is 0 Å². The lowest BCUT2D eigenvalue weighted by atomic mass is 10.2. The van der Waals surface area contributed by atoms with Crippen LogP contribution in [0.25, 0.3) is 0 Å². The molecule has 1 aliphatic carbocycles. The van der Waals surface area contributed by atoms with Crippen LogP contribution in [0.15, 0.2) is 35.6 Å². The van der Waals surface area contributed by atoms with Gasteiger partial charge in [-0.1, -0.05) is 17.7 Å². The average molecular weight is 122 g/mol. The van der Waals surface area contributed by atoms with Gasteiger partial charge in [0.25, 0.3) is 0 Å². The summed E-state index contributed by atoms with van der Waals surface area (Å²) in [6.07, 6.45) is 8.39. The van der Waals surface area contributed by atoms with E-state index in [-0.39, 0.29) is 0 Å². The van der Waals surface area contributed by atoms with Gasteiger partial charge >= 0.3 is 0 Å². The molecule has 0 amide bonds. The molecule has 0 aromatic rings. The van der Waals surface area contributed by atoms with Crippen LogP contribution in [0.5, 0.6) is 0 Å². The van der Waals surface area contributed by atoms with E-state index in [9.17, 15) is 0 Å². The number of hydrogen-bond acceptors (Lipinski definition) is 1. The zero-order valence-electron chi connectivity index (χ0n) is 5.46. The fraction of sp³-hybridized carbons (Fsp3) is 0.250. The topological polar surface area (TPSA) is 20.2 Å². The largest absolute Gasteiger partial charge is 0.508 e. The lowest BCUT2D eigenvalue weighted by Crippen LogP contribution is -1.71. The molecule has 0 aliphatic heterocycles. The Morgan fingerprint density at radius 3 is 3.11 bits per heavy atom. The van der Waals surface area contributed by atoms with Crippen LogP contribution in [0.4, 0.5) is 0 Å². The van der Waals surface area contributed by atoms with Crippen molar-refractivity contribution in [1.82, 2.24) is 0 Å². The maximum Gasteiger partial charge on any atom is 0.115 e. The SMILES string of the molecule is CC1=CCC=CC(O)=C1. The van der Waals surface area contributed by atoms with Crippen LogP contribution in [0.1, 0.15) is 13.3 Å². The van der Waals surface area contributed by atoms with Gasteiger partial charge in [-0.2, -0.15) is 0 Å². The fourth-order valence-corrected chi connectivity index (χ4v) is 0.783. The molecule has 0 radical (unpaired) electrons. The molecular weight excluding hydrogens is 112 g/mol. The lowest BCUT2D eigenvalue weighted by Gasteiger charge is -1.87. The molecule has 0 spiro atoms. The first-order valence-corrected chi connectivity index (χ1v) is 3.03. The number of allylic oxidation sites excluding steroid dienone is 5. The minimum Gasteiger partial charge on any atom is -0.508 e. The van der Waals surface area contributed by atoms with Crippen LogP contribution < -0.4 is 0 Å². The Bertz CT molecular complexity index is 185. The smallest absolute Gasteiger partial charge is 0.115 e. The minimum absolute atomic E-state index is 0.348. The van der Waals surface area contributed by atoms with Crippen molar-refractivity contribution in [2.75, 3.05) is 0 Å². The molecule has 1 nitrogen and oxygen atoms in total. The molecule has 0 saturated heterocycles. The molecule has 0 unspecified atom stereocenters. The van der Waals surface area contributed by atoms with E-state index in [4.69, 9.17) is 5.11 Å². The summed E-state index contributed by atoms with van der Waals surface area (Å²) in [5.41, 5.74) is 1.12. The van der Waals surface area contributed by atoms with Crippen molar-refractivity contribution in [3.63, 3.8) is 0 Å². The Balaban J connectivity index is 2.82. The molecule has 48 valence electrons. The number of hydrogen-bond donors (Lipinski definition) is 1. The third kappa shape index (κ3) is 1.76. The average Bonchev–Trinajstić information content (AvgIpc) is 1.93. The number of aliphatic hydroxyl groups excluding tert-OH is 1. The summed E-state index contributed by atoms with van der Waals surface area (Å²) >= 11 is 0. The zero-order chi connectivity index (χ0) is 6.69. The highest BCUT2D eigenvalue weighted by Crippen LogP contribution is 2.07. The predicted molar refractivity (Wildman–Crippen MR) is 38.2 cm³/mol. The molecule has 9 heavy (non-hydrogen) atoms. The van der Waals surface area contributed by atoms with Crippen molar-refractivity contribution in [3.8, 4) is 0 Å². The number of aliphatic hydroxyl groups is 1. The van der Waals surface area contributed by atoms with E-state index < -0.39 is 0 Å². The molecule has 0 heterocycles. The second kappa shape index (κ2) is 2.53. The summed E-state index contributed by atoms with van der Waals surface area (Å²) in [5.74, 6) is 0.348. The van der Waals surface area contributed by atoms with Gasteiger partial charge in [0.2, 0.25) is 0 Å². The van der Waals surface area contributed by atoms with Crippen molar-refractivity contribution >= 4 is 0 Å². The van der Waals surface area contributed by atoms with Crippen molar-refractivity contribution in [1.29, 1.82) is 0 Å². The highest BCUT2D eigenvalue weighted by molar-refractivity contribution is 5.27. The van der Waals surface area contributed by atoms with Crippen LogP contribution in [0.2, 0.25) is 0 Å². The molecule has 0 aromatic carbocycles. The Kier molecular flexibility index (Phi) is 1.73. The Morgan fingerprint density at radius 1 is 1.56 bits per heavy atom. The first kappa shape index (κ1) is 6.14. The normalized spacial score (nSPS) is 18.3. The third-order valence-electron chi connectivity index (χ3n) is 1.24. The van der Waals surface area contributed by atoms with E-state index in [0.717, 1.165) is 12.0 Å². The molecule has 0 saturated carbocycles. The zero-order valence-corrected chi connectivity index (χ0v) is 5.46. The Hall–Kier alpha value is -0.980. The van der Waals surface area contributed by atoms with Crippen molar-refractivity contribution in [2.45, 2.75) is 13.3 Å². The summed E-state index contributed by atoms with van der Waals surface area (Å²) in [6, 6.07) is 0. The third-order valence-corrected chi connectivity index (χ3v) is 1.24. The standard InChI is InChI=1S/C8H10O/c1-7-4-2-3-5-8(9)6-7/h3-6,9H,2H2,1H3. The maximum atomic E-state index is 8.99. The highest BCUT2D eigenvalue weighted by atomic mass is 16.3. The van der Waals surface area contributed by atoms with Gasteiger partial charge in [0, 0.05) is 0 Å². The second-order valence-electron chi connectivity index (χ2n) is 2.16. The van der Waals surface area contributed by atoms with Crippen LogP contribution in [0, 0.1) is 0 Å². The molecule has 1 heteroatoms. The van der Waals surface area contributed by atoms with E-state index >= 15 is 0 Å². The van der Waals surface area contributed by atoms with Crippen LogP contribution >= 0.6 is 0 Å². The van der Waals surface area contributed by atoms with Gasteiger partial charge in [0.15, 0.2) is 0 Å². The van der Waals surface area contributed by atoms with Gasteiger partial charge in [-0.25, -0.2) is 0 Å². The predicted octanol–water partition coefficient (Wildman–Crippen LogP) is 2.33. The van der Waals surface area contributed by atoms with Crippen LogP contribution in [-0.2, 0) is 0 Å².